The van der Waals surface area contributed by atoms with Crippen molar-refractivity contribution >= 4 is 44.7 Å². The zero-order valence-electron chi connectivity index (χ0n) is 9.28. The number of halogens is 2. The average Bonchev–Trinajstić information content (AvgIpc) is 2.53. The minimum Gasteiger partial charge on any atom is -0.289 e. The molecule has 0 fully saturated rings. The van der Waals surface area contributed by atoms with Gasteiger partial charge >= 0.3 is 0 Å². The molecule has 0 radical (unpaired) electrons. The van der Waals surface area contributed by atoms with Gasteiger partial charge in [0.1, 0.15) is 0 Å². The van der Waals surface area contributed by atoms with Gasteiger partial charge in [-0.1, -0.05) is 59.6 Å². The largest absolute Gasteiger partial charge is 0.289 e. The van der Waals surface area contributed by atoms with E-state index in [0.717, 1.165) is 5.39 Å². The van der Waals surface area contributed by atoms with Crippen molar-refractivity contribution in [3.8, 4) is 0 Å². The Labute approximate surface area is 114 Å². The van der Waals surface area contributed by atoms with Crippen molar-refractivity contribution in [3.05, 3.63) is 68.8 Å². The lowest BCUT2D eigenvalue weighted by atomic mass is 10.1. The van der Waals surface area contributed by atoms with E-state index < -0.39 is 0 Å². The molecular weight excluding hydrogens is 267 g/mol. The zero-order valence-corrected chi connectivity index (χ0v) is 10.8. The molecule has 3 rings (SSSR count). The second-order valence-corrected chi connectivity index (χ2v) is 4.88. The van der Waals surface area contributed by atoms with Gasteiger partial charge in [0.15, 0.2) is 5.43 Å². The van der Waals surface area contributed by atoms with Crippen LogP contribution in [0.3, 0.4) is 0 Å². The van der Waals surface area contributed by atoms with Crippen LogP contribution in [0.4, 0.5) is 0 Å². The molecule has 18 heavy (non-hydrogen) atoms. The lowest BCUT2D eigenvalue weighted by Gasteiger charge is -1.98. The van der Waals surface area contributed by atoms with Crippen molar-refractivity contribution in [1.82, 2.24) is 0 Å². The van der Waals surface area contributed by atoms with Gasteiger partial charge in [-0.05, 0) is 17.5 Å². The maximum Gasteiger partial charge on any atom is 0.195 e. The summed E-state index contributed by atoms with van der Waals surface area (Å²) in [5.74, 6) is 0. The highest BCUT2D eigenvalue weighted by atomic mass is 35.5. The van der Waals surface area contributed by atoms with Crippen molar-refractivity contribution in [2.75, 3.05) is 0 Å². The number of hydrogen-bond donors (Lipinski definition) is 0. The highest BCUT2D eigenvalue weighted by molar-refractivity contribution is 6.40. The Morgan fingerprint density at radius 1 is 0.722 bits per heavy atom. The van der Waals surface area contributed by atoms with Crippen LogP contribution in [-0.2, 0) is 0 Å². The molecule has 88 valence electrons. The fraction of sp³-hybridized carbons (Fsp3) is 0. The summed E-state index contributed by atoms with van der Waals surface area (Å²) < 4.78 is 0. The topological polar surface area (TPSA) is 17.1 Å². The third-order valence-corrected chi connectivity index (χ3v) is 3.65. The number of rotatable bonds is 0. The SMILES string of the molecule is O=c1c2ccccc2ccc2c(Cl)ccc(Cl)c12. The molecule has 0 amide bonds. The highest BCUT2D eigenvalue weighted by Crippen LogP contribution is 2.28. The predicted octanol–water partition coefficient (Wildman–Crippen LogP) is 4.66. The Morgan fingerprint density at radius 3 is 2.28 bits per heavy atom. The standard InChI is InChI=1S/C15H8Cl2O/c16-12-7-8-13(17)14-11(12)6-5-9-3-1-2-4-10(9)15(14)18/h1-8H. The van der Waals surface area contributed by atoms with Crippen molar-refractivity contribution in [1.29, 1.82) is 0 Å². The van der Waals surface area contributed by atoms with Gasteiger partial charge in [0.2, 0.25) is 0 Å². The fourth-order valence-electron chi connectivity index (χ4n) is 2.12. The van der Waals surface area contributed by atoms with Crippen molar-refractivity contribution in [2.24, 2.45) is 0 Å². The molecule has 3 aromatic carbocycles. The van der Waals surface area contributed by atoms with Crippen LogP contribution in [0.1, 0.15) is 0 Å². The van der Waals surface area contributed by atoms with Crippen LogP contribution >= 0.6 is 23.2 Å². The summed E-state index contributed by atoms with van der Waals surface area (Å²) in [5.41, 5.74) is -0.0851. The molecule has 1 nitrogen and oxygen atoms in total. The molecule has 0 aromatic heterocycles. The van der Waals surface area contributed by atoms with Gasteiger partial charge in [0.25, 0.3) is 0 Å². The Balaban J connectivity index is 2.72. The van der Waals surface area contributed by atoms with Gasteiger partial charge in [-0.2, -0.15) is 0 Å². The third-order valence-electron chi connectivity index (χ3n) is 3.00. The molecule has 3 aromatic rings. The molecule has 0 bridgehead atoms. The molecule has 0 saturated heterocycles. The summed E-state index contributed by atoms with van der Waals surface area (Å²) in [4.78, 5) is 12.5. The first-order chi connectivity index (χ1) is 8.68. The zero-order chi connectivity index (χ0) is 12.7. The Morgan fingerprint density at radius 2 is 1.44 bits per heavy atom. The first-order valence-corrected chi connectivity index (χ1v) is 6.24. The summed E-state index contributed by atoms with van der Waals surface area (Å²) in [6.07, 6.45) is 0. The Kier molecular flexibility index (Phi) is 2.73. The molecule has 0 aliphatic rings. The van der Waals surface area contributed by atoms with Crippen LogP contribution < -0.4 is 5.43 Å². The maximum absolute atomic E-state index is 12.5. The van der Waals surface area contributed by atoms with Crippen LogP contribution in [-0.4, -0.2) is 0 Å². The van der Waals surface area contributed by atoms with E-state index in [0.29, 0.717) is 26.2 Å². The van der Waals surface area contributed by atoms with E-state index in [1.807, 2.05) is 30.3 Å². The Hall–Kier alpha value is -1.57. The van der Waals surface area contributed by atoms with Gasteiger partial charge in [-0.3, -0.25) is 4.79 Å². The van der Waals surface area contributed by atoms with Crippen LogP contribution in [0.15, 0.2) is 53.3 Å². The van der Waals surface area contributed by atoms with Crippen LogP contribution in [0.25, 0.3) is 21.5 Å². The average molecular weight is 275 g/mol. The van der Waals surface area contributed by atoms with E-state index in [4.69, 9.17) is 23.2 Å². The molecular formula is C15H8Cl2O. The molecule has 0 aliphatic heterocycles. The monoisotopic (exact) mass is 274 g/mol. The summed E-state index contributed by atoms with van der Waals surface area (Å²) in [5, 5.41) is 3.66. The number of hydrogen-bond acceptors (Lipinski definition) is 1. The second-order valence-electron chi connectivity index (χ2n) is 4.07. The highest BCUT2D eigenvalue weighted by Gasteiger charge is 2.08. The molecule has 0 N–H and O–H groups in total. The third kappa shape index (κ3) is 1.67. The number of benzene rings is 2. The van der Waals surface area contributed by atoms with Crippen molar-refractivity contribution < 1.29 is 0 Å². The first-order valence-electron chi connectivity index (χ1n) is 5.48. The molecule has 0 spiro atoms. The van der Waals surface area contributed by atoms with E-state index >= 15 is 0 Å². The van der Waals surface area contributed by atoms with E-state index in [1.54, 1.807) is 18.2 Å². The van der Waals surface area contributed by atoms with Crippen LogP contribution in [0.5, 0.6) is 0 Å². The second kappa shape index (κ2) is 4.27. The first kappa shape index (κ1) is 11.5. The van der Waals surface area contributed by atoms with E-state index in [2.05, 4.69) is 0 Å². The summed E-state index contributed by atoms with van der Waals surface area (Å²) in [6.45, 7) is 0. The van der Waals surface area contributed by atoms with E-state index in [1.165, 1.54) is 0 Å². The van der Waals surface area contributed by atoms with Gasteiger partial charge in [0, 0.05) is 21.2 Å². The lowest BCUT2D eigenvalue weighted by molar-refractivity contribution is 1.74. The maximum atomic E-state index is 12.5. The molecule has 0 heterocycles. The predicted molar refractivity (Wildman–Crippen MR) is 77.7 cm³/mol. The molecule has 0 unspecified atom stereocenters. The summed E-state index contributed by atoms with van der Waals surface area (Å²) in [6, 6.07) is 14.5. The quantitative estimate of drug-likeness (QED) is 0.583. The van der Waals surface area contributed by atoms with Gasteiger partial charge in [0.05, 0.1) is 5.02 Å². The summed E-state index contributed by atoms with van der Waals surface area (Å²) >= 11 is 12.3. The summed E-state index contributed by atoms with van der Waals surface area (Å²) in [7, 11) is 0. The van der Waals surface area contributed by atoms with Crippen LogP contribution in [0, 0.1) is 0 Å². The molecule has 3 heteroatoms. The smallest absolute Gasteiger partial charge is 0.195 e. The van der Waals surface area contributed by atoms with Gasteiger partial charge < -0.3 is 0 Å². The van der Waals surface area contributed by atoms with Gasteiger partial charge in [-0.15, -0.1) is 0 Å². The van der Waals surface area contributed by atoms with Gasteiger partial charge in [-0.25, -0.2) is 0 Å². The van der Waals surface area contributed by atoms with Crippen molar-refractivity contribution in [2.45, 2.75) is 0 Å². The molecule has 0 atom stereocenters. The van der Waals surface area contributed by atoms with E-state index in [9.17, 15) is 4.79 Å². The fourth-order valence-corrected chi connectivity index (χ4v) is 2.59. The van der Waals surface area contributed by atoms with Crippen molar-refractivity contribution in [3.63, 3.8) is 0 Å². The Bertz CT molecular complexity index is 825. The number of fused-ring (bicyclic) bond motifs is 2. The normalized spacial score (nSPS) is 11.0. The van der Waals surface area contributed by atoms with E-state index in [-0.39, 0.29) is 5.43 Å². The molecule has 0 saturated carbocycles. The molecule has 0 aliphatic carbocycles. The minimum atomic E-state index is -0.0851. The minimum absolute atomic E-state index is 0.0851. The van der Waals surface area contributed by atoms with Crippen LogP contribution in [0.2, 0.25) is 10.0 Å². The lowest BCUT2D eigenvalue weighted by Crippen LogP contribution is -1.98.